The van der Waals surface area contributed by atoms with Gasteiger partial charge in [0.25, 0.3) is 0 Å². The van der Waals surface area contributed by atoms with Crippen molar-refractivity contribution in [2.75, 3.05) is 14.2 Å². The molecule has 8 heteroatoms. The van der Waals surface area contributed by atoms with E-state index >= 15 is 0 Å². The molecule has 6 nitrogen and oxygen atoms in total. The number of ether oxygens (including phenoxy) is 1. The summed E-state index contributed by atoms with van der Waals surface area (Å²) >= 11 is 0. The van der Waals surface area contributed by atoms with Gasteiger partial charge in [-0.2, -0.15) is 7.11 Å². The summed E-state index contributed by atoms with van der Waals surface area (Å²) in [5.41, 5.74) is 3.58. The second-order valence-electron chi connectivity index (χ2n) is 6.10. The van der Waals surface area contributed by atoms with Crippen LogP contribution < -0.4 is 34.7 Å². The smallest absolute Gasteiger partial charge is 0.857 e. The maximum absolute atomic E-state index is 13.4. The molecule has 2 aromatic heterocycles. The van der Waals surface area contributed by atoms with Crippen molar-refractivity contribution in [1.82, 2.24) is 9.55 Å². The van der Waals surface area contributed by atoms with Crippen LogP contribution in [0, 0.1) is 11.7 Å². The number of rotatable bonds is 3. The largest absolute Gasteiger partial charge is 1.00 e. The van der Waals surface area contributed by atoms with Crippen LogP contribution in [0.3, 0.4) is 0 Å². The second kappa shape index (κ2) is 9.93. The van der Waals surface area contributed by atoms with E-state index in [9.17, 15) is 14.0 Å². The number of nitrogens with zero attached hydrogens (tertiary/aromatic N) is 2. The summed E-state index contributed by atoms with van der Waals surface area (Å²) in [6.45, 7) is 0.236. The van der Waals surface area contributed by atoms with Crippen molar-refractivity contribution in [1.29, 1.82) is 0 Å². The molecule has 144 valence electrons. The van der Waals surface area contributed by atoms with Gasteiger partial charge in [0, 0.05) is 36.3 Å². The number of esters is 1. The maximum Gasteiger partial charge on any atom is 1.00 e. The van der Waals surface area contributed by atoms with E-state index in [0.717, 1.165) is 18.2 Å². The fourth-order valence-electron chi connectivity index (χ4n) is 3.39. The summed E-state index contributed by atoms with van der Waals surface area (Å²) in [7, 11) is 2.02. The third kappa shape index (κ3) is 4.33. The number of pyridine rings is 1. The van der Waals surface area contributed by atoms with Crippen molar-refractivity contribution in [3.8, 4) is 22.3 Å². The predicted octanol–water partition coefficient (Wildman–Crippen LogP) is -0.678. The van der Waals surface area contributed by atoms with Gasteiger partial charge in [-0.25, -0.2) is 4.39 Å². The zero-order valence-corrected chi connectivity index (χ0v) is 18.4. The molecule has 0 radical (unpaired) electrons. The number of fused-ring (bicyclic) bond motifs is 1. The molecule has 0 amide bonds. The van der Waals surface area contributed by atoms with Crippen molar-refractivity contribution < 1.29 is 53.4 Å². The molecule has 1 atom stereocenters. The molecule has 0 saturated carbocycles. The van der Waals surface area contributed by atoms with Gasteiger partial charge in [0.15, 0.2) is 5.78 Å². The quantitative estimate of drug-likeness (QED) is 0.328. The van der Waals surface area contributed by atoms with Crippen LogP contribution in [0.1, 0.15) is 10.5 Å². The Bertz CT molecular complexity index is 1000. The summed E-state index contributed by atoms with van der Waals surface area (Å²) in [5.74, 6) is -2.03. The van der Waals surface area contributed by atoms with Crippen molar-refractivity contribution in [3.05, 3.63) is 66.5 Å². The first kappa shape index (κ1) is 23.0. The number of aromatic nitrogens is 2. The van der Waals surface area contributed by atoms with Crippen LogP contribution in [0.2, 0.25) is 0 Å². The first-order chi connectivity index (χ1) is 13.6. The Hall–Kier alpha value is -2.32. The van der Waals surface area contributed by atoms with Gasteiger partial charge in [-0.15, -0.1) is 0 Å². The average molecular weight is 404 g/mol. The fourth-order valence-corrected chi connectivity index (χ4v) is 3.39. The van der Waals surface area contributed by atoms with Crippen molar-refractivity contribution in [2.45, 2.75) is 6.54 Å². The molecule has 3 heterocycles. The van der Waals surface area contributed by atoms with Crippen LogP contribution in [-0.2, 0) is 16.1 Å². The molecule has 4 rings (SSSR count). The van der Waals surface area contributed by atoms with E-state index in [4.69, 9.17) is 9.84 Å². The van der Waals surface area contributed by atoms with Crippen LogP contribution in [-0.4, -0.2) is 35.5 Å². The number of halogens is 1. The number of carbonyl (C=O) groups is 2. The molecule has 0 aliphatic carbocycles. The Kier molecular flexibility index (Phi) is 7.87. The van der Waals surface area contributed by atoms with E-state index in [1.165, 1.54) is 19.2 Å². The standard InChI is InChI=1S/C20H15FN2O3.CH3O.Na/c1-26-20(25)16-11-23-10-15(12-6-8-22-9-7-12)17(18(23)19(16)24)13-2-4-14(21)5-3-13;1-2;/h2-10,16H,11H2,1H3;1H3;/q;-1;+1. The van der Waals surface area contributed by atoms with E-state index in [1.54, 1.807) is 29.1 Å². The first-order valence-electron chi connectivity index (χ1n) is 8.52. The van der Waals surface area contributed by atoms with E-state index in [2.05, 4.69) is 4.98 Å². The van der Waals surface area contributed by atoms with Crippen LogP contribution in [0.15, 0.2) is 55.0 Å². The molecule has 1 aliphatic rings. The zero-order valence-electron chi connectivity index (χ0n) is 16.4. The van der Waals surface area contributed by atoms with Gasteiger partial charge in [0.05, 0.1) is 12.8 Å². The summed E-state index contributed by atoms with van der Waals surface area (Å²) in [4.78, 5) is 28.8. The number of Topliss-reactive ketones (excluding diaryl/α,β-unsaturated/α-hetero) is 1. The van der Waals surface area contributed by atoms with Crippen LogP contribution in [0.25, 0.3) is 22.3 Å². The van der Waals surface area contributed by atoms with Crippen LogP contribution in [0.5, 0.6) is 0 Å². The number of hydrogen-bond acceptors (Lipinski definition) is 5. The van der Waals surface area contributed by atoms with E-state index < -0.39 is 11.9 Å². The normalized spacial score (nSPS) is 14.3. The Morgan fingerprint density at radius 2 is 1.76 bits per heavy atom. The molecule has 1 aliphatic heterocycles. The summed E-state index contributed by atoms with van der Waals surface area (Å²) < 4.78 is 19.9. The number of hydrogen-bond donors (Lipinski definition) is 0. The van der Waals surface area contributed by atoms with E-state index in [1.807, 2.05) is 18.3 Å². The Balaban J connectivity index is 0.000000970. The number of carbonyl (C=O) groups excluding carboxylic acids is 2. The number of ketones is 1. The molecule has 1 unspecified atom stereocenters. The molecule has 1 aromatic carbocycles. The van der Waals surface area contributed by atoms with Crippen molar-refractivity contribution in [3.63, 3.8) is 0 Å². The summed E-state index contributed by atoms with van der Waals surface area (Å²) in [6, 6.07) is 9.67. The van der Waals surface area contributed by atoms with Gasteiger partial charge < -0.3 is 14.4 Å². The minimum atomic E-state index is -0.847. The molecular weight excluding hydrogens is 386 g/mol. The van der Waals surface area contributed by atoms with Gasteiger partial charge in [-0.1, -0.05) is 12.1 Å². The van der Waals surface area contributed by atoms with Gasteiger partial charge in [-0.05, 0) is 35.4 Å². The third-order valence-corrected chi connectivity index (χ3v) is 4.62. The Morgan fingerprint density at radius 1 is 1.14 bits per heavy atom. The second-order valence-corrected chi connectivity index (χ2v) is 6.10. The fraction of sp³-hybridized carbons (Fsp3) is 0.190. The van der Waals surface area contributed by atoms with Gasteiger partial charge >= 0.3 is 35.5 Å². The topological polar surface area (TPSA) is 84.2 Å². The van der Waals surface area contributed by atoms with Crippen molar-refractivity contribution >= 4 is 11.8 Å². The van der Waals surface area contributed by atoms with Gasteiger partial charge in [-0.3, -0.25) is 14.6 Å². The summed E-state index contributed by atoms with van der Waals surface area (Å²) in [5, 5.41) is 8.25. The number of methoxy groups -OCH3 is 1. The molecule has 0 spiro atoms. The molecule has 0 saturated heterocycles. The molecule has 3 aromatic rings. The van der Waals surface area contributed by atoms with Gasteiger partial charge in [0.1, 0.15) is 11.7 Å². The minimum absolute atomic E-state index is 0. The molecular formula is C21H18FN2NaO4. The first-order valence-corrected chi connectivity index (χ1v) is 8.52. The van der Waals surface area contributed by atoms with Crippen LogP contribution in [0.4, 0.5) is 4.39 Å². The van der Waals surface area contributed by atoms with Gasteiger partial charge in [0.2, 0.25) is 0 Å². The number of benzene rings is 1. The Morgan fingerprint density at radius 3 is 2.34 bits per heavy atom. The predicted molar refractivity (Wildman–Crippen MR) is 98.8 cm³/mol. The monoisotopic (exact) mass is 404 g/mol. The molecule has 29 heavy (non-hydrogen) atoms. The average Bonchev–Trinajstić information content (AvgIpc) is 3.27. The zero-order chi connectivity index (χ0) is 20.3. The summed E-state index contributed by atoms with van der Waals surface area (Å²) in [6.07, 6.45) is 5.20. The third-order valence-electron chi connectivity index (χ3n) is 4.62. The van der Waals surface area contributed by atoms with E-state index in [-0.39, 0.29) is 47.7 Å². The SMILES string of the molecule is COC(=O)C1Cn2cc(-c3ccncc3)c(-c3ccc(F)cc3)c2C1=O.C[O-].[Na+]. The minimum Gasteiger partial charge on any atom is -0.857 e. The van der Waals surface area contributed by atoms with Crippen molar-refractivity contribution in [2.24, 2.45) is 5.92 Å². The molecule has 0 fully saturated rings. The Labute approximate surface area is 189 Å². The van der Waals surface area contributed by atoms with Crippen LogP contribution >= 0.6 is 0 Å². The van der Waals surface area contributed by atoms with E-state index in [0.29, 0.717) is 16.8 Å². The maximum atomic E-state index is 13.4. The molecule has 0 N–H and O–H groups in total. The molecule has 0 bridgehead atoms.